The molecule has 3 aromatic rings. The molecule has 10 heteroatoms. The zero-order valence-corrected chi connectivity index (χ0v) is 17.0. The van der Waals surface area contributed by atoms with Gasteiger partial charge in [-0.25, -0.2) is 14.5 Å². The molecule has 150 valence electrons. The van der Waals surface area contributed by atoms with Crippen molar-refractivity contribution in [2.24, 2.45) is 0 Å². The Kier molecular flexibility index (Phi) is 5.21. The number of aromatic nitrogens is 3. The molecule has 1 aromatic heterocycles. The second kappa shape index (κ2) is 7.81. The minimum atomic E-state index is -0.738. The van der Waals surface area contributed by atoms with Crippen LogP contribution >= 0.6 is 23.2 Å². The predicted molar refractivity (Wildman–Crippen MR) is 107 cm³/mol. The molecule has 1 aliphatic heterocycles. The Morgan fingerprint density at radius 2 is 2.00 bits per heavy atom. The van der Waals surface area contributed by atoms with Gasteiger partial charge in [-0.3, -0.25) is 0 Å². The van der Waals surface area contributed by atoms with Crippen molar-refractivity contribution in [2.45, 2.75) is 12.8 Å². The Morgan fingerprint density at radius 3 is 2.72 bits per heavy atom. The maximum absolute atomic E-state index is 12.4. The molecule has 0 aliphatic carbocycles. The van der Waals surface area contributed by atoms with Crippen LogP contribution in [0.4, 0.5) is 5.95 Å². The van der Waals surface area contributed by atoms with E-state index in [1.165, 1.54) is 14.2 Å². The van der Waals surface area contributed by atoms with E-state index in [0.29, 0.717) is 45.2 Å². The van der Waals surface area contributed by atoms with Gasteiger partial charge in [-0.1, -0.05) is 29.3 Å². The molecular weight excluding hydrogens is 419 g/mol. The quantitative estimate of drug-likeness (QED) is 0.587. The smallest absolute Gasteiger partial charge is 0.344 e. The maximum Gasteiger partial charge on any atom is 0.344 e. The summed E-state index contributed by atoms with van der Waals surface area (Å²) in [7, 11) is 2.98. The van der Waals surface area contributed by atoms with Crippen molar-refractivity contribution in [1.82, 2.24) is 14.8 Å². The highest BCUT2D eigenvalue weighted by Crippen LogP contribution is 2.41. The van der Waals surface area contributed by atoms with E-state index in [2.05, 4.69) is 15.4 Å². The van der Waals surface area contributed by atoms with Gasteiger partial charge < -0.3 is 19.5 Å². The van der Waals surface area contributed by atoms with Crippen LogP contribution in [0.3, 0.4) is 0 Å². The molecule has 0 saturated heterocycles. The molecule has 29 heavy (non-hydrogen) atoms. The summed E-state index contributed by atoms with van der Waals surface area (Å²) in [6.07, 6.45) is 0.829. The van der Waals surface area contributed by atoms with E-state index in [1.807, 2.05) is 6.07 Å². The zero-order chi connectivity index (χ0) is 20.5. The van der Waals surface area contributed by atoms with Gasteiger partial charge in [0.15, 0.2) is 11.5 Å². The van der Waals surface area contributed by atoms with Gasteiger partial charge in [0.05, 0.1) is 30.8 Å². The summed E-state index contributed by atoms with van der Waals surface area (Å²) in [5.74, 6) is 0.583. The first kappa shape index (κ1) is 19.4. The van der Waals surface area contributed by atoms with Crippen molar-refractivity contribution < 1.29 is 19.0 Å². The Bertz CT molecular complexity index is 1090. The normalized spacial score (nSPS) is 15.0. The van der Waals surface area contributed by atoms with Crippen LogP contribution in [0.25, 0.3) is 0 Å². The number of cyclic esters (lactones) is 1. The summed E-state index contributed by atoms with van der Waals surface area (Å²) in [5.41, 5.74) is 1.86. The van der Waals surface area contributed by atoms with E-state index in [9.17, 15) is 4.79 Å². The molecule has 2 heterocycles. The molecule has 2 aromatic carbocycles. The highest BCUT2D eigenvalue weighted by molar-refractivity contribution is 6.42. The lowest BCUT2D eigenvalue weighted by molar-refractivity contribution is 0.0434. The standard InChI is InChI=1S/C19H16Cl2N4O4/c1-27-14-6-4-11-15(16(14)28-2)18(26)29-17(11)23-19-22-9-25(24-19)8-10-3-5-12(20)13(21)7-10/h3-7,9,17H,8H2,1-2H3,(H,23,24). The Labute approximate surface area is 176 Å². The fourth-order valence-corrected chi connectivity index (χ4v) is 3.41. The van der Waals surface area contributed by atoms with Gasteiger partial charge >= 0.3 is 5.97 Å². The molecule has 0 radical (unpaired) electrons. The minimum Gasteiger partial charge on any atom is -0.493 e. The highest BCUT2D eigenvalue weighted by Gasteiger charge is 2.36. The highest BCUT2D eigenvalue weighted by atomic mass is 35.5. The molecule has 0 bridgehead atoms. The van der Waals surface area contributed by atoms with E-state index in [-0.39, 0.29) is 0 Å². The molecule has 1 unspecified atom stereocenters. The van der Waals surface area contributed by atoms with E-state index >= 15 is 0 Å². The van der Waals surface area contributed by atoms with Gasteiger partial charge in [-0.05, 0) is 29.8 Å². The fourth-order valence-electron chi connectivity index (χ4n) is 3.09. The Hall–Kier alpha value is -2.97. The summed E-state index contributed by atoms with van der Waals surface area (Å²) in [5, 5.41) is 8.34. The average molecular weight is 435 g/mol. The van der Waals surface area contributed by atoms with Crippen molar-refractivity contribution in [2.75, 3.05) is 19.5 Å². The first-order valence-electron chi connectivity index (χ1n) is 8.56. The SMILES string of the molecule is COc1ccc2c(c1OC)C(=O)OC2Nc1ncn(Cc2ccc(Cl)c(Cl)c2)n1. The largest absolute Gasteiger partial charge is 0.493 e. The molecule has 8 nitrogen and oxygen atoms in total. The third-order valence-corrected chi connectivity index (χ3v) is 5.15. The van der Waals surface area contributed by atoms with Gasteiger partial charge in [0.1, 0.15) is 11.9 Å². The molecule has 0 fully saturated rings. The first-order chi connectivity index (χ1) is 14.0. The van der Waals surface area contributed by atoms with Crippen molar-refractivity contribution in [3.63, 3.8) is 0 Å². The number of hydrogen-bond donors (Lipinski definition) is 1. The molecule has 1 aliphatic rings. The fraction of sp³-hybridized carbons (Fsp3) is 0.211. The molecule has 1 atom stereocenters. The summed E-state index contributed by atoms with van der Waals surface area (Å²) >= 11 is 12.0. The van der Waals surface area contributed by atoms with Crippen LogP contribution in [-0.2, 0) is 11.3 Å². The topological polar surface area (TPSA) is 87.5 Å². The van der Waals surface area contributed by atoms with Crippen LogP contribution in [0, 0.1) is 0 Å². The number of fused-ring (bicyclic) bond motifs is 1. The summed E-state index contributed by atoms with van der Waals surface area (Å²) in [6.45, 7) is 0.456. The molecule has 0 spiro atoms. The van der Waals surface area contributed by atoms with Crippen molar-refractivity contribution in [3.05, 3.63) is 63.4 Å². The number of benzene rings is 2. The van der Waals surface area contributed by atoms with Gasteiger partial charge in [-0.2, -0.15) is 0 Å². The van der Waals surface area contributed by atoms with Crippen LogP contribution in [0.5, 0.6) is 11.5 Å². The number of nitrogens with zero attached hydrogens (tertiary/aromatic N) is 3. The summed E-state index contributed by atoms with van der Waals surface area (Å²) in [6, 6.07) is 8.81. The third kappa shape index (κ3) is 3.68. The number of carbonyl (C=O) groups excluding carboxylic acids is 1. The molecule has 0 amide bonds. The van der Waals surface area contributed by atoms with Crippen LogP contribution in [0.2, 0.25) is 10.0 Å². The number of hydrogen-bond acceptors (Lipinski definition) is 7. The zero-order valence-electron chi connectivity index (χ0n) is 15.5. The van der Waals surface area contributed by atoms with Gasteiger partial charge in [-0.15, -0.1) is 5.10 Å². The van der Waals surface area contributed by atoms with Gasteiger partial charge in [0.2, 0.25) is 12.2 Å². The number of ether oxygens (including phenoxy) is 3. The number of halogens is 2. The lowest BCUT2D eigenvalue weighted by atomic mass is 10.1. The summed E-state index contributed by atoms with van der Waals surface area (Å²) < 4.78 is 17.6. The second-order valence-corrected chi connectivity index (χ2v) is 7.02. The lowest BCUT2D eigenvalue weighted by Crippen LogP contribution is -2.12. The van der Waals surface area contributed by atoms with Crippen molar-refractivity contribution in [1.29, 1.82) is 0 Å². The molecular formula is C19H16Cl2N4O4. The van der Waals surface area contributed by atoms with E-state index in [4.69, 9.17) is 37.4 Å². The van der Waals surface area contributed by atoms with Crippen LogP contribution in [-0.4, -0.2) is 35.0 Å². The third-order valence-electron chi connectivity index (χ3n) is 4.41. The van der Waals surface area contributed by atoms with Crippen molar-refractivity contribution >= 4 is 35.1 Å². The number of nitrogens with one attached hydrogen (secondary N) is 1. The maximum atomic E-state index is 12.4. The number of anilines is 1. The lowest BCUT2D eigenvalue weighted by Gasteiger charge is -2.12. The van der Waals surface area contributed by atoms with Crippen LogP contribution in [0.15, 0.2) is 36.7 Å². The molecule has 1 N–H and O–H groups in total. The molecule has 4 rings (SSSR count). The number of esters is 1. The Balaban J connectivity index is 1.53. The van der Waals surface area contributed by atoms with Gasteiger partial charge in [0.25, 0.3) is 0 Å². The first-order valence-corrected chi connectivity index (χ1v) is 9.31. The Morgan fingerprint density at radius 1 is 1.17 bits per heavy atom. The molecule has 0 saturated carbocycles. The number of rotatable bonds is 6. The average Bonchev–Trinajstić information content (AvgIpc) is 3.28. The van der Waals surface area contributed by atoms with E-state index in [1.54, 1.807) is 35.3 Å². The van der Waals surface area contributed by atoms with Crippen molar-refractivity contribution in [3.8, 4) is 11.5 Å². The van der Waals surface area contributed by atoms with E-state index < -0.39 is 12.2 Å². The van der Waals surface area contributed by atoms with Crippen LogP contribution < -0.4 is 14.8 Å². The second-order valence-electron chi connectivity index (χ2n) is 6.21. The number of carbonyl (C=O) groups is 1. The predicted octanol–water partition coefficient (Wildman–Crippen LogP) is 3.93. The van der Waals surface area contributed by atoms with Crippen LogP contribution in [0.1, 0.15) is 27.7 Å². The van der Waals surface area contributed by atoms with Gasteiger partial charge in [0, 0.05) is 5.56 Å². The minimum absolute atomic E-state index is 0.311. The number of methoxy groups -OCH3 is 2. The monoisotopic (exact) mass is 434 g/mol. The summed E-state index contributed by atoms with van der Waals surface area (Å²) in [4.78, 5) is 16.6. The van der Waals surface area contributed by atoms with E-state index in [0.717, 1.165) is 5.56 Å².